The van der Waals surface area contributed by atoms with Gasteiger partial charge in [-0.25, -0.2) is 0 Å². The fourth-order valence-corrected chi connectivity index (χ4v) is 1.42. The van der Waals surface area contributed by atoms with Crippen molar-refractivity contribution in [3.05, 3.63) is 23.7 Å². The molecule has 0 spiro atoms. The molecule has 1 amide bonds. The van der Waals surface area contributed by atoms with E-state index in [1.165, 1.54) is 6.26 Å². The van der Waals surface area contributed by atoms with Crippen LogP contribution in [0.4, 0.5) is 0 Å². The van der Waals surface area contributed by atoms with Crippen LogP contribution in [0.25, 0.3) is 0 Å². The highest BCUT2D eigenvalue weighted by Gasteiger charge is 2.22. The number of carboxylic acid groups (broad SMARTS) is 1. The molecular formula is C12H17NO4. The van der Waals surface area contributed by atoms with Crippen molar-refractivity contribution in [3.8, 4) is 0 Å². The highest BCUT2D eigenvalue weighted by Crippen LogP contribution is 2.13. The molecule has 94 valence electrons. The summed E-state index contributed by atoms with van der Waals surface area (Å²) in [7, 11) is 0. The summed E-state index contributed by atoms with van der Waals surface area (Å²) in [5, 5.41) is 11.4. The molecule has 0 aromatic carbocycles. The van der Waals surface area contributed by atoms with Gasteiger partial charge in [0.1, 0.15) is 12.0 Å². The lowest BCUT2D eigenvalue weighted by Crippen LogP contribution is -2.43. The van der Waals surface area contributed by atoms with Gasteiger partial charge in [0.15, 0.2) is 0 Å². The van der Waals surface area contributed by atoms with Crippen molar-refractivity contribution < 1.29 is 19.1 Å². The lowest BCUT2D eigenvalue weighted by atomic mass is 9.98. The Balaban J connectivity index is 2.58. The average molecular weight is 239 g/mol. The molecule has 0 fully saturated rings. The Hall–Kier alpha value is -1.78. The first-order chi connectivity index (χ1) is 7.80. The largest absolute Gasteiger partial charge is 0.481 e. The fraction of sp³-hybridized carbons (Fsp3) is 0.500. The minimum Gasteiger partial charge on any atom is -0.481 e. The summed E-state index contributed by atoms with van der Waals surface area (Å²) in [5.41, 5.74) is -0.105. The second-order valence-electron chi connectivity index (χ2n) is 4.68. The Morgan fingerprint density at radius 3 is 2.59 bits per heavy atom. The third-order valence-electron chi connectivity index (χ3n) is 2.41. The maximum atomic E-state index is 11.8. The number of carboxylic acids is 1. The predicted octanol–water partition coefficient (Wildman–Crippen LogP) is 1.96. The average Bonchev–Trinajstić information content (AvgIpc) is 2.61. The van der Waals surface area contributed by atoms with Gasteiger partial charge >= 0.3 is 5.97 Å². The zero-order chi connectivity index (χ0) is 13.1. The van der Waals surface area contributed by atoms with E-state index in [0.29, 0.717) is 17.7 Å². The van der Waals surface area contributed by atoms with Crippen molar-refractivity contribution in [1.82, 2.24) is 5.32 Å². The fourth-order valence-electron chi connectivity index (χ4n) is 1.42. The van der Waals surface area contributed by atoms with Gasteiger partial charge in [-0.05, 0) is 33.3 Å². The SMILES string of the molecule is Cc1cc(C(=O)NC(C)(C)CCC(=O)O)co1. The number of aliphatic carboxylic acids is 1. The third kappa shape index (κ3) is 4.30. The van der Waals surface area contributed by atoms with E-state index in [1.54, 1.807) is 26.8 Å². The van der Waals surface area contributed by atoms with Crippen molar-refractivity contribution in [2.24, 2.45) is 0 Å². The summed E-state index contributed by atoms with van der Waals surface area (Å²) in [5.74, 6) is -0.456. The molecular weight excluding hydrogens is 222 g/mol. The van der Waals surface area contributed by atoms with E-state index in [-0.39, 0.29) is 12.3 Å². The molecule has 1 aromatic rings. The monoisotopic (exact) mass is 239 g/mol. The van der Waals surface area contributed by atoms with Crippen LogP contribution < -0.4 is 5.32 Å². The zero-order valence-corrected chi connectivity index (χ0v) is 10.2. The molecule has 0 aliphatic heterocycles. The molecule has 0 saturated heterocycles. The zero-order valence-electron chi connectivity index (χ0n) is 10.2. The van der Waals surface area contributed by atoms with Crippen LogP contribution in [0.2, 0.25) is 0 Å². The van der Waals surface area contributed by atoms with Crippen LogP contribution in [0.15, 0.2) is 16.7 Å². The normalized spacial score (nSPS) is 11.2. The highest BCUT2D eigenvalue weighted by molar-refractivity contribution is 5.94. The molecule has 0 bridgehead atoms. The molecule has 1 rings (SSSR count). The molecule has 1 aromatic heterocycles. The number of carbonyl (C=O) groups excluding carboxylic acids is 1. The molecule has 0 atom stereocenters. The Labute approximate surface area is 99.8 Å². The first-order valence-electron chi connectivity index (χ1n) is 5.39. The van der Waals surface area contributed by atoms with Gasteiger partial charge in [0.2, 0.25) is 0 Å². The first-order valence-corrected chi connectivity index (χ1v) is 5.39. The molecule has 0 aliphatic carbocycles. The van der Waals surface area contributed by atoms with Crippen LogP contribution in [-0.4, -0.2) is 22.5 Å². The van der Waals surface area contributed by atoms with Gasteiger partial charge < -0.3 is 14.8 Å². The molecule has 5 heteroatoms. The number of hydrogen-bond donors (Lipinski definition) is 2. The van der Waals surface area contributed by atoms with E-state index < -0.39 is 11.5 Å². The Bertz CT molecular complexity index is 420. The van der Waals surface area contributed by atoms with Gasteiger partial charge in [-0.1, -0.05) is 0 Å². The third-order valence-corrected chi connectivity index (χ3v) is 2.41. The van der Waals surface area contributed by atoms with Gasteiger partial charge in [-0.3, -0.25) is 9.59 Å². The summed E-state index contributed by atoms with van der Waals surface area (Å²) in [6.45, 7) is 5.34. The number of rotatable bonds is 5. The van der Waals surface area contributed by atoms with Crippen LogP contribution in [-0.2, 0) is 4.79 Å². The van der Waals surface area contributed by atoms with Gasteiger partial charge in [0.25, 0.3) is 5.91 Å². The number of amides is 1. The van der Waals surface area contributed by atoms with E-state index in [9.17, 15) is 9.59 Å². The summed E-state index contributed by atoms with van der Waals surface area (Å²) < 4.78 is 5.04. The smallest absolute Gasteiger partial charge is 0.303 e. The molecule has 2 N–H and O–H groups in total. The maximum absolute atomic E-state index is 11.8. The molecule has 17 heavy (non-hydrogen) atoms. The number of hydrogen-bond acceptors (Lipinski definition) is 3. The number of nitrogens with one attached hydrogen (secondary N) is 1. The molecule has 0 unspecified atom stereocenters. The van der Waals surface area contributed by atoms with Gasteiger partial charge in [-0.2, -0.15) is 0 Å². The van der Waals surface area contributed by atoms with Crippen LogP contribution in [0, 0.1) is 6.92 Å². The van der Waals surface area contributed by atoms with Crippen LogP contribution in [0.5, 0.6) is 0 Å². The number of carbonyl (C=O) groups is 2. The predicted molar refractivity (Wildman–Crippen MR) is 61.9 cm³/mol. The van der Waals surface area contributed by atoms with Crippen molar-refractivity contribution in [2.75, 3.05) is 0 Å². The summed E-state index contributed by atoms with van der Waals surface area (Å²) in [4.78, 5) is 22.3. The van der Waals surface area contributed by atoms with E-state index >= 15 is 0 Å². The van der Waals surface area contributed by atoms with Crippen molar-refractivity contribution in [1.29, 1.82) is 0 Å². The molecule has 5 nitrogen and oxygen atoms in total. The first kappa shape index (κ1) is 13.3. The van der Waals surface area contributed by atoms with Crippen LogP contribution >= 0.6 is 0 Å². The quantitative estimate of drug-likeness (QED) is 0.823. The maximum Gasteiger partial charge on any atom is 0.303 e. The second-order valence-corrected chi connectivity index (χ2v) is 4.68. The summed E-state index contributed by atoms with van der Waals surface area (Å²) in [6, 6.07) is 1.64. The van der Waals surface area contributed by atoms with E-state index in [1.807, 2.05) is 0 Å². The standard InChI is InChI=1S/C12H17NO4/c1-8-6-9(7-17-8)11(16)13-12(2,3)5-4-10(14)15/h6-7H,4-5H2,1-3H3,(H,13,16)(H,14,15). The molecule has 0 radical (unpaired) electrons. The van der Waals surface area contributed by atoms with Crippen LogP contribution in [0.1, 0.15) is 42.8 Å². The highest BCUT2D eigenvalue weighted by atomic mass is 16.4. The van der Waals surface area contributed by atoms with Crippen molar-refractivity contribution in [3.63, 3.8) is 0 Å². The Kier molecular flexibility index (Phi) is 3.93. The summed E-state index contributed by atoms with van der Waals surface area (Å²) >= 11 is 0. The topological polar surface area (TPSA) is 79.5 Å². The van der Waals surface area contributed by atoms with E-state index in [4.69, 9.17) is 9.52 Å². The second kappa shape index (κ2) is 5.03. The molecule has 0 aliphatic rings. The van der Waals surface area contributed by atoms with Gasteiger partial charge in [-0.15, -0.1) is 0 Å². The number of furan rings is 1. The van der Waals surface area contributed by atoms with Crippen LogP contribution in [0.3, 0.4) is 0 Å². The molecule has 1 heterocycles. The lowest BCUT2D eigenvalue weighted by Gasteiger charge is -2.25. The summed E-state index contributed by atoms with van der Waals surface area (Å²) in [6.07, 6.45) is 1.79. The number of aryl methyl sites for hydroxylation is 1. The van der Waals surface area contributed by atoms with E-state index in [0.717, 1.165) is 0 Å². The Morgan fingerprint density at radius 2 is 2.12 bits per heavy atom. The van der Waals surface area contributed by atoms with E-state index in [2.05, 4.69) is 5.32 Å². The van der Waals surface area contributed by atoms with Crippen molar-refractivity contribution in [2.45, 2.75) is 39.2 Å². The van der Waals surface area contributed by atoms with Crippen molar-refractivity contribution >= 4 is 11.9 Å². The van der Waals surface area contributed by atoms with Gasteiger partial charge in [0, 0.05) is 12.0 Å². The van der Waals surface area contributed by atoms with Gasteiger partial charge in [0.05, 0.1) is 5.56 Å². The Morgan fingerprint density at radius 1 is 1.47 bits per heavy atom. The molecule has 0 saturated carbocycles. The minimum atomic E-state index is -0.869. The lowest BCUT2D eigenvalue weighted by molar-refractivity contribution is -0.137. The minimum absolute atomic E-state index is 0.0255.